The number of nitrogens with two attached hydrogens (primary N) is 1. The Kier molecular flexibility index (Phi) is 4.06. The van der Waals surface area contributed by atoms with Crippen LogP contribution >= 0.6 is 0 Å². The second-order valence-electron chi connectivity index (χ2n) is 5.41. The predicted molar refractivity (Wildman–Crippen MR) is 74.4 cm³/mol. The molecule has 0 saturated carbocycles. The quantitative estimate of drug-likeness (QED) is 0.865. The van der Waals surface area contributed by atoms with E-state index in [2.05, 4.69) is 43.0 Å². The van der Waals surface area contributed by atoms with Crippen LogP contribution in [0.25, 0.3) is 0 Å². The molecule has 94 valence electrons. The van der Waals surface area contributed by atoms with Crippen LogP contribution in [0.3, 0.4) is 0 Å². The van der Waals surface area contributed by atoms with Crippen LogP contribution in [0.1, 0.15) is 25.8 Å². The molecular weight excluding hydrogens is 208 g/mol. The summed E-state index contributed by atoms with van der Waals surface area (Å²) < 4.78 is 0. The monoisotopic (exact) mass is 232 g/mol. The zero-order valence-electron chi connectivity index (χ0n) is 11.0. The lowest BCUT2D eigenvalue weighted by atomic mass is 9.95. The van der Waals surface area contributed by atoms with Gasteiger partial charge in [0.25, 0.3) is 0 Å². The Morgan fingerprint density at radius 3 is 2.76 bits per heavy atom. The number of nitrogens with zero attached hydrogens (tertiary/aromatic N) is 1. The van der Waals surface area contributed by atoms with Crippen molar-refractivity contribution in [3.8, 4) is 0 Å². The number of para-hydroxylation sites is 1. The first kappa shape index (κ1) is 12.4. The molecule has 0 amide bonds. The molecule has 0 aliphatic carbocycles. The molecule has 1 atom stereocenters. The molecule has 1 heterocycles. The molecule has 0 radical (unpaired) electrons. The van der Waals surface area contributed by atoms with E-state index >= 15 is 0 Å². The van der Waals surface area contributed by atoms with E-state index in [0.29, 0.717) is 0 Å². The topological polar surface area (TPSA) is 29.3 Å². The lowest BCUT2D eigenvalue weighted by molar-refractivity contribution is 0.422. The summed E-state index contributed by atoms with van der Waals surface area (Å²) >= 11 is 0. The largest absolute Gasteiger partial charge is 0.371 e. The van der Waals surface area contributed by atoms with E-state index < -0.39 is 0 Å². The van der Waals surface area contributed by atoms with E-state index in [4.69, 9.17) is 5.73 Å². The van der Waals surface area contributed by atoms with E-state index in [1.165, 1.54) is 30.8 Å². The Hall–Kier alpha value is -1.02. The maximum atomic E-state index is 5.69. The molecule has 1 aliphatic rings. The maximum absolute atomic E-state index is 5.69. The highest BCUT2D eigenvalue weighted by atomic mass is 15.2. The lowest BCUT2D eigenvalue weighted by Crippen LogP contribution is -2.22. The molecule has 1 aromatic carbocycles. The average molecular weight is 232 g/mol. The van der Waals surface area contributed by atoms with Crippen LogP contribution in [0, 0.1) is 11.8 Å². The Bertz CT molecular complexity index is 360. The van der Waals surface area contributed by atoms with Crippen LogP contribution in [0.5, 0.6) is 0 Å². The van der Waals surface area contributed by atoms with Gasteiger partial charge in [-0.1, -0.05) is 32.0 Å². The van der Waals surface area contributed by atoms with Gasteiger partial charge in [-0.05, 0) is 42.9 Å². The Balaban J connectivity index is 2.12. The average Bonchev–Trinajstić information content (AvgIpc) is 2.79. The van der Waals surface area contributed by atoms with Crippen molar-refractivity contribution in [2.75, 3.05) is 24.5 Å². The molecule has 1 unspecified atom stereocenters. The third-order valence-corrected chi connectivity index (χ3v) is 3.91. The normalized spacial score (nSPS) is 20.2. The summed E-state index contributed by atoms with van der Waals surface area (Å²) in [7, 11) is 0. The number of rotatable bonds is 4. The SMILES string of the molecule is CC(C)C1CCN(c2ccccc2CCN)C1. The third kappa shape index (κ3) is 2.81. The van der Waals surface area contributed by atoms with Crippen LogP contribution in [0.4, 0.5) is 5.69 Å². The van der Waals surface area contributed by atoms with Gasteiger partial charge in [0.2, 0.25) is 0 Å². The highest BCUT2D eigenvalue weighted by molar-refractivity contribution is 5.54. The van der Waals surface area contributed by atoms with Crippen molar-refractivity contribution < 1.29 is 0 Å². The van der Waals surface area contributed by atoms with E-state index in [1.54, 1.807) is 0 Å². The summed E-state index contributed by atoms with van der Waals surface area (Å²) in [6.07, 6.45) is 2.31. The second-order valence-corrected chi connectivity index (χ2v) is 5.41. The Labute approximate surface area is 105 Å². The van der Waals surface area contributed by atoms with E-state index in [1.807, 2.05) is 0 Å². The van der Waals surface area contributed by atoms with Crippen LogP contribution < -0.4 is 10.6 Å². The third-order valence-electron chi connectivity index (χ3n) is 3.91. The minimum absolute atomic E-state index is 0.735. The molecule has 2 heteroatoms. The number of hydrogen-bond acceptors (Lipinski definition) is 2. The van der Waals surface area contributed by atoms with Crippen molar-refractivity contribution in [1.29, 1.82) is 0 Å². The molecule has 17 heavy (non-hydrogen) atoms. The molecule has 2 rings (SSSR count). The van der Waals surface area contributed by atoms with Gasteiger partial charge < -0.3 is 10.6 Å². The standard InChI is InChI=1S/C15H24N2/c1-12(2)14-8-10-17(11-14)15-6-4-3-5-13(15)7-9-16/h3-6,12,14H,7-11,16H2,1-2H3. The van der Waals surface area contributed by atoms with Crippen molar-refractivity contribution in [3.63, 3.8) is 0 Å². The number of anilines is 1. The van der Waals surface area contributed by atoms with E-state index in [0.717, 1.165) is 24.8 Å². The van der Waals surface area contributed by atoms with Crippen LogP contribution in [0.2, 0.25) is 0 Å². The molecule has 0 bridgehead atoms. The predicted octanol–water partition coefficient (Wildman–Crippen LogP) is 2.67. The highest BCUT2D eigenvalue weighted by Crippen LogP contribution is 2.30. The second kappa shape index (κ2) is 5.54. The summed E-state index contributed by atoms with van der Waals surface area (Å²) in [6, 6.07) is 8.71. The van der Waals surface area contributed by atoms with Gasteiger partial charge in [0, 0.05) is 18.8 Å². The van der Waals surface area contributed by atoms with Gasteiger partial charge in [-0.15, -0.1) is 0 Å². The summed E-state index contributed by atoms with van der Waals surface area (Å²) in [4.78, 5) is 2.54. The van der Waals surface area contributed by atoms with Gasteiger partial charge in [-0.3, -0.25) is 0 Å². The summed E-state index contributed by atoms with van der Waals surface area (Å²) in [5.41, 5.74) is 8.49. The van der Waals surface area contributed by atoms with Gasteiger partial charge in [-0.25, -0.2) is 0 Å². The minimum Gasteiger partial charge on any atom is -0.371 e. The van der Waals surface area contributed by atoms with Crippen molar-refractivity contribution in [2.24, 2.45) is 17.6 Å². The first-order chi connectivity index (χ1) is 8.22. The molecule has 2 nitrogen and oxygen atoms in total. The minimum atomic E-state index is 0.735. The van der Waals surface area contributed by atoms with Gasteiger partial charge in [-0.2, -0.15) is 0 Å². The Morgan fingerprint density at radius 1 is 1.35 bits per heavy atom. The lowest BCUT2D eigenvalue weighted by Gasteiger charge is -2.23. The molecule has 1 saturated heterocycles. The van der Waals surface area contributed by atoms with Crippen molar-refractivity contribution in [3.05, 3.63) is 29.8 Å². The summed E-state index contributed by atoms with van der Waals surface area (Å²) in [5.74, 6) is 1.64. The smallest absolute Gasteiger partial charge is 0.0399 e. The zero-order valence-corrected chi connectivity index (χ0v) is 11.0. The number of benzene rings is 1. The fraction of sp³-hybridized carbons (Fsp3) is 0.600. The maximum Gasteiger partial charge on any atom is 0.0399 e. The fourth-order valence-electron chi connectivity index (χ4n) is 2.74. The molecule has 2 N–H and O–H groups in total. The van der Waals surface area contributed by atoms with Gasteiger partial charge >= 0.3 is 0 Å². The number of hydrogen-bond donors (Lipinski definition) is 1. The van der Waals surface area contributed by atoms with Crippen molar-refractivity contribution in [1.82, 2.24) is 0 Å². The molecule has 0 spiro atoms. The van der Waals surface area contributed by atoms with Gasteiger partial charge in [0.1, 0.15) is 0 Å². The van der Waals surface area contributed by atoms with E-state index in [9.17, 15) is 0 Å². The van der Waals surface area contributed by atoms with Gasteiger partial charge in [0.15, 0.2) is 0 Å². The first-order valence-electron chi connectivity index (χ1n) is 6.75. The summed E-state index contributed by atoms with van der Waals surface area (Å²) in [5, 5.41) is 0. The molecule has 1 fully saturated rings. The van der Waals surface area contributed by atoms with E-state index in [-0.39, 0.29) is 0 Å². The van der Waals surface area contributed by atoms with Crippen LogP contribution in [-0.4, -0.2) is 19.6 Å². The Morgan fingerprint density at radius 2 is 2.12 bits per heavy atom. The first-order valence-corrected chi connectivity index (χ1v) is 6.75. The molecule has 1 aromatic rings. The fourth-order valence-corrected chi connectivity index (χ4v) is 2.74. The summed E-state index contributed by atoms with van der Waals surface area (Å²) in [6.45, 7) is 7.81. The van der Waals surface area contributed by atoms with Crippen LogP contribution in [0.15, 0.2) is 24.3 Å². The van der Waals surface area contributed by atoms with Crippen molar-refractivity contribution >= 4 is 5.69 Å². The molecule has 0 aromatic heterocycles. The van der Waals surface area contributed by atoms with Crippen LogP contribution in [-0.2, 0) is 6.42 Å². The van der Waals surface area contributed by atoms with Gasteiger partial charge in [0.05, 0.1) is 0 Å². The zero-order chi connectivity index (χ0) is 12.3. The molecule has 1 aliphatic heterocycles. The highest BCUT2D eigenvalue weighted by Gasteiger charge is 2.25. The molecular formula is C15H24N2. The van der Waals surface area contributed by atoms with Crippen molar-refractivity contribution in [2.45, 2.75) is 26.7 Å².